The molecular formula is C22H23N3O5S2. The van der Waals surface area contributed by atoms with Crippen LogP contribution in [0.1, 0.15) is 29.6 Å². The van der Waals surface area contributed by atoms with Crippen LogP contribution in [0.25, 0.3) is 10.6 Å². The van der Waals surface area contributed by atoms with Crippen molar-refractivity contribution in [2.24, 2.45) is 0 Å². The Morgan fingerprint density at radius 2 is 1.91 bits per heavy atom. The van der Waals surface area contributed by atoms with Crippen molar-refractivity contribution in [2.75, 3.05) is 25.5 Å². The topological polar surface area (TPSA) is 109 Å². The first-order chi connectivity index (χ1) is 15.4. The molecule has 2 aromatic heterocycles. The van der Waals surface area contributed by atoms with Gasteiger partial charge in [0.2, 0.25) is 10.0 Å². The lowest BCUT2D eigenvalue weighted by atomic mass is 10.2. The molecule has 1 saturated heterocycles. The van der Waals surface area contributed by atoms with Crippen LogP contribution in [0.15, 0.2) is 57.5 Å². The predicted octanol–water partition coefficient (Wildman–Crippen LogP) is 3.54. The van der Waals surface area contributed by atoms with Crippen molar-refractivity contribution in [1.29, 1.82) is 0 Å². The number of H-pyrrole nitrogens is 1. The summed E-state index contributed by atoms with van der Waals surface area (Å²) in [5.41, 5.74) is 0.290. The Labute approximate surface area is 189 Å². The van der Waals surface area contributed by atoms with E-state index in [1.807, 2.05) is 17.5 Å². The zero-order valence-corrected chi connectivity index (χ0v) is 19.1. The Balaban J connectivity index is 1.60. The minimum absolute atomic E-state index is 0.0124. The number of hydrogen-bond acceptors (Lipinski definition) is 6. The van der Waals surface area contributed by atoms with E-state index in [0.717, 1.165) is 24.1 Å². The SMILES string of the molecule is COc1ccc(NC(=O)c2ccc(-c3cccs3)[nH]c2=O)cc1S(=O)(=O)N1CCCCC1. The van der Waals surface area contributed by atoms with Gasteiger partial charge in [0.1, 0.15) is 16.2 Å². The maximum atomic E-state index is 13.2. The molecule has 0 radical (unpaired) electrons. The fourth-order valence-corrected chi connectivity index (χ4v) is 6.03. The second-order valence-electron chi connectivity index (χ2n) is 7.38. The number of piperidine rings is 1. The van der Waals surface area contributed by atoms with Crippen molar-refractivity contribution in [2.45, 2.75) is 24.2 Å². The Morgan fingerprint density at radius 3 is 2.56 bits per heavy atom. The van der Waals surface area contributed by atoms with E-state index in [2.05, 4.69) is 10.3 Å². The van der Waals surface area contributed by atoms with E-state index in [9.17, 15) is 18.0 Å². The van der Waals surface area contributed by atoms with Gasteiger partial charge in [-0.05, 0) is 54.6 Å². The average Bonchev–Trinajstić information content (AvgIpc) is 3.34. The molecule has 0 saturated carbocycles. The number of ether oxygens (including phenoxy) is 1. The van der Waals surface area contributed by atoms with E-state index in [1.165, 1.54) is 41.0 Å². The van der Waals surface area contributed by atoms with Crippen LogP contribution in [-0.2, 0) is 10.0 Å². The van der Waals surface area contributed by atoms with Crippen LogP contribution in [0.4, 0.5) is 5.69 Å². The minimum Gasteiger partial charge on any atom is -0.495 e. The number of benzene rings is 1. The molecule has 1 aliphatic rings. The molecule has 0 bridgehead atoms. The van der Waals surface area contributed by atoms with E-state index in [0.29, 0.717) is 18.8 Å². The van der Waals surface area contributed by atoms with Gasteiger partial charge in [0.05, 0.1) is 17.7 Å². The lowest BCUT2D eigenvalue weighted by Gasteiger charge is -2.26. The molecule has 32 heavy (non-hydrogen) atoms. The molecule has 0 unspecified atom stereocenters. The Kier molecular flexibility index (Phi) is 6.45. The summed E-state index contributed by atoms with van der Waals surface area (Å²) in [6.45, 7) is 0.905. The van der Waals surface area contributed by atoms with Crippen molar-refractivity contribution < 1.29 is 17.9 Å². The van der Waals surface area contributed by atoms with Crippen molar-refractivity contribution in [3.05, 3.63) is 63.8 Å². The van der Waals surface area contributed by atoms with Gasteiger partial charge in [0.15, 0.2) is 0 Å². The van der Waals surface area contributed by atoms with E-state index in [-0.39, 0.29) is 21.9 Å². The smallest absolute Gasteiger partial charge is 0.261 e. The third-order valence-corrected chi connectivity index (χ3v) is 8.12. The summed E-state index contributed by atoms with van der Waals surface area (Å²) in [6, 6.07) is 11.3. The molecule has 3 aromatic rings. The van der Waals surface area contributed by atoms with Gasteiger partial charge in [-0.15, -0.1) is 11.3 Å². The first kappa shape index (κ1) is 22.3. The van der Waals surface area contributed by atoms with Crippen LogP contribution in [0.2, 0.25) is 0 Å². The highest BCUT2D eigenvalue weighted by molar-refractivity contribution is 7.89. The number of hydrogen-bond donors (Lipinski definition) is 2. The average molecular weight is 474 g/mol. The van der Waals surface area contributed by atoms with Gasteiger partial charge in [-0.25, -0.2) is 8.42 Å². The summed E-state index contributed by atoms with van der Waals surface area (Å²) in [4.78, 5) is 28.8. The quantitative estimate of drug-likeness (QED) is 0.569. The summed E-state index contributed by atoms with van der Waals surface area (Å²) in [5.74, 6) is -0.429. The summed E-state index contributed by atoms with van der Waals surface area (Å²) in [6.07, 6.45) is 2.61. The summed E-state index contributed by atoms with van der Waals surface area (Å²) >= 11 is 1.48. The van der Waals surface area contributed by atoms with Crippen LogP contribution in [0.3, 0.4) is 0 Å². The van der Waals surface area contributed by atoms with Crippen LogP contribution in [0.5, 0.6) is 5.75 Å². The second kappa shape index (κ2) is 9.27. The van der Waals surface area contributed by atoms with Gasteiger partial charge >= 0.3 is 0 Å². The van der Waals surface area contributed by atoms with Crippen molar-refractivity contribution in [1.82, 2.24) is 9.29 Å². The number of pyridine rings is 1. The highest BCUT2D eigenvalue weighted by Gasteiger charge is 2.29. The van der Waals surface area contributed by atoms with Crippen LogP contribution < -0.4 is 15.6 Å². The maximum Gasteiger partial charge on any atom is 0.261 e. The number of methoxy groups -OCH3 is 1. The van der Waals surface area contributed by atoms with Gasteiger partial charge in [-0.3, -0.25) is 9.59 Å². The van der Waals surface area contributed by atoms with Gasteiger partial charge in [-0.2, -0.15) is 4.31 Å². The highest BCUT2D eigenvalue weighted by Crippen LogP contribution is 2.31. The second-order valence-corrected chi connectivity index (χ2v) is 10.2. The number of aromatic amines is 1. The number of carbonyl (C=O) groups is 1. The number of anilines is 1. The number of carbonyl (C=O) groups excluding carboxylic acids is 1. The largest absolute Gasteiger partial charge is 0.495 e. The van der Waals surface area contributed by atoms with E-state index >= 15 is 0 Å². The monoisotopic (exact) mass is 473 g/mol. The molecule has 0 aliphatic carbocycles. The molecule has 0 atom stereocenters. The van der Waals surface area contributed by atoms with Gasteiger partial charge in [-0.1, -0.05) is 12.5 Å². The molecule has 1 amide bonds. The van der Waals surface area contributed by atoms with Crippen molar-refractivity contribution in [3.8, 4) is 16.3 Å². The number of nitrogens with one attached hydrogen (secondary N) is 2. The third kappa shape index (κ3) is 4.47. The molecular weight excluding hydrogens is 450 g/mol. The van der Waals surface area contributed by atoms with Gasteiger partial charge in [0.25, 0.3) is 11.5 Å². The van der Waals surface area contributed by atoms with Crippen molar-refractivity contribution in [3.63, 3.8) is 0 Å². The number of nitrogens with zero attached hydrogens (tertiary/aromatic N) is 1. The number of aromatic nitrogens is 1. The third-order valence-electron chi connectivity index (χ3n) is 5.30. The van der Waals surface area contributed by atoms with Gasteiger partial charge < -0.3 is 15.0 Å². The maximum absolute atomic E-state index is 13.2. The number of sulfonamides is 1. The van der Waals surface area contributed by atoms with E-state index < -0.39 is 21.5 Å². The van der Waals surface area contributed by atoms with Crippen molar-refractivity contribution >= 4 is 33.0 Å². The molecule has 4 rings (SSSR count). The molecule has 3 heterocycles. The Hall–Kier alpha value is -2.95. The summed E-state index contributed by atoms with van der Waals surface area (Å²) in [5, 5.41) is 4.52. The van der Waals surface area contributed by atoms with Crippen LogP contribution >= 0.6 is 11.3 Å². The summed E-state index contributed by atoms with van der Waals surface area (Å²) < 4.78 is 33.0. The molecule has 1 aliphatic heterocycles. The van der Waals surface area contributed by atoms with E-state index in [4.69, 9.17) is 4.74 Å². The molecule has 168 valence electrons. The molecule has 10 heteroatoms. The zero-order valence-electron chi connectivity index (χ0n) is 17.5. The lowest BCUT2D eigenvalue weighted by molar-refractivity contribution is 0.102. The normalized spacial score (nSPS) is 14.8. The predicted molar refractivity (Wildman–Crippen MR) is 124 cm³/mol. The lowest BCUT2D eigenvalue weighted by Crippen LogP contribution is -2.35. The molecule has 1 aromatic carbocycles. The number of amides is 1. The van der Waals surface area contributed by atoms with Gasteiger partial charge in [0, 0.05) is 18.8 Å². The fourth-order valence-electron chi connectivity index (χ4n) is 3.63. The first-order valence-corrected chi connectivity index (χ1v) is 12.5. The number of rotatable bonds is 6. The highest BCUT2D eigenvalue weighted by atomic mass is 32.2. The fraction of sp³-hybridized carbons (Fsp3) is 0.273. The molecule has 2 N–H and O–H groups in total. The minimum atomic E-state index is -3.78. The standard InChI is InChI=1S/C22H23N3O5S2/c1-30-18-10-7-15(14-20(18)32(28,29)25-11-3-2-4-12-25)23-21(26)16-8-9-17(24-22(16)27)19-6-5-13-31-19/h5-10,13-14H,2-4,11-12H2,1H3,(H,23,26)(H,24,27). The van der Waals surface area contributed by atoms with Crippen LogP contribution in [0, 0.1) is 0 Å². The zero-order chi connectivity index (χ0) is 22.7. The summed E-state index contributed by atoms with van der Waals surface area (Å²) in [7, 11) is -2.38. The number of thiophene rings is 1. The Morgan fingerprint density at radius 1 is 1.12 bits per heavy atom. The van der Waals surface area contributed by atoms with Crippen LogP contribution in [-0.4, -0.2) is 43.8 Å². The van der Waals surface area contributed by atoms with E-state index in [1.54, 1.807) is 12.1 Å². The Bertz CT molecular complexity index is 1280. The first-order valence-electron chi connectivity index (χ1n) is 10.2. The molecule has 0 spiro atoms. The molecule has 8 nitrogen and oxygen atoms in total. The molecule has 1 fully saturated rings.